The molecule has 4 nitrogen and oxygen atoms in total. The third kappa shape index (κ3) is 3.16. The van der Waals surface area contributed by atoms with Crippen LogP contribution in [0, 0.1) is 11.6 Å². The smallest absolute Gasteiger partial charge is 0.335 e. The second-order valence-corrected chi connectivity index (χ2v) is 3.67. The lowest BCUT2D eigenvalue weighted by Gasteiger charge is -2.23. The molecule has 1 aromatic rings. The molecule has 6 heteroatoms. The lowest BCUT2D eigenvalue weighted by Crippen LogP contribution is -2.28. The van der Waals surface area contributed by atoms with Gasteiger partial charge in [-0.3, -0.25) is 0 Å². The van der Waals surface area contributed by atoms with Gasteiger partial charge in [-0.25, -0.2) is 13.6 Å². The van der Waals surface area contributed by atoms with Crippen LogP contribution in [0.1, 0.15) is 17.3 Å². The number of aromatic carboxylic acids is 1. The molecule has 0 radical (unpaired) electrons. The van der Waals surface area contributed by atoms with Crippen LogP contribution in [0.4, 0.5) is 14.5 Å². The molecule has 100 valence electrons. The molecule has 18 heavy (non-hydrogen) atoms. The van der Waals surface area contributed by atoms with Crippen molar-refractivity contribution in [3.8, 4) is 0 Å². The van der Waals surface area contributed by atoms with E-state index in [1.807, 2.05) is 0 Å². The Morgan fingerprint density at radius 3 is 2.33 bits per heavy atom. The van der Waals surface area contributed by atoms with Crippen LogP contribution in [0.25, 0.3) is 0 Å². The van der Waals surface area contributed by atoms with E-state index in [4.69, 9.17) is 9.84 Å². The van der Waals surface area contributed by atoms with Gasteiger partial charge in [0.25, 0.3) is 0 Å². The van der Waals surface area contributed by atoms with Gasteiger partial charge in [-0.1, -0.05) is 0 Å². The van der Waals surface area contributed by atoms with E-state index in [0.29, 0.717) is 19.7 Å². The van der Waals surface area contributed by atoms with Gasteiger partial charge in [-0.2, -0.15) is 0 Å². The molecule has 0 saturated heterocycles. The summed E-state index contributed by atoms with van der Waals surface area (Å²) in [7, 11) is 1.49. The Hall–Kier alpha value is -1.69. The first-order chi connectivity index (χ1) is 8.51. The zero-order valence-electron chi connectivity index (χ0n) is 10.2. The zero-order chi connectivity index (χ0) is 13.7. The van der Waals surface area contributed by atoms with Crippen molar-refractivity contribution in [2.75, 3.05) is 31.7 Å². The SMILES string of the molecule is CCN(CCOC)c1c(F)cc(C(=O)O)cc1F. The number of likely N-dealkylation sites (N-methyl/N-ethyl adjacent to an activating group) is 1. The number of carboxylic acids is 1. The topological polar surface area (TPSA) is 49.8 Å². The summed E-state index contributed by atoms with van der Waals surface area (Å²) in [5.41, 5.74) is -0.629. The predicted octanol–water partition coefficient (Wildman–Crippen LogP) is 2.14. The van der Waals surface area contributed by atoms with Gasteiger partial charge in [-0.05, 0) is 19.1 Å². The molecule has 0 saturated carbocycles. The van der Waals surface area contributed by atoms with Crippen molar-refractivity contribution in [2.45, 2.75) is 6.92 Å². The maximum atomic E-state index is 13.7. The van der Waals surface area contributed by atoms with Gasteiger partial charge in [0.2, 0.25) is 0 Å². The van der Waals surface area contributed by atoms with E-state index in [-0.39, 0.29) is 5.69 Å². The molecule has 0 amide bonds. The highest BCUT2D eigenvalue weighted by molar-refractivity contribution is 5.88. The van der Waals surface area contributed by atoms with Crippen LogP contribution < -0.4 is 4.90 Å². The van der Waals surface area contributed by atoms with Gasteiger partial charge < -0.3 is 14.7 Å². The van der Waals surface area contributed by atoms with E-state index in [2.05, 4.69) is 0 Å². The van der Waals surface area contributed by atoms with E-state index in [1.165, 1.54) is 12.0 Å². The Kier molecular flexibility index (Phi) is 5.03. The Labute approximate surface area is 104 Å². The van der Waals surface area contributed by atoms with Gasteiger partial charge in [0.05, 0.1) is 12.2 Å². The quantitative estimate of drug-likeness (QED) is 0.850. The van der Waals surface area contributed by atoms with Crippen molar-refractivity contribution in [3.05, 3.63) is 29.3 Å². The molecule has 0 atom stereocenters. The number of benzene rings is 1. The summed E-state index contributed by atoms with van der Waals surface area (Å²) >= 11 is 0. The van der Waals surface area contributed by atoms with E-state index in [0.717, 1.165) is 12.1 Å². The Morgan fingerprint density at radius 1 is 1.39 bits per heavy atom. The van der Waals surface area contributed by atoms with Crippen LogP contribution in [0.3, 0.4) is 0 Å². The lowest BCUT2D eigenvalue weighted by atomic mass is 10.1. The van der Waals surface area contributed by atoms with E-state index in [9.17, 15) is 13.6 Å². The van der Waals surface area contributed by atoms with Crippen LogP contribution in [-0.4, -0.2) is 37.9 Å². The monoisotopic (exact) mass is 259 g/mol. The average Bonchev–Trinajstić information content (AvgIpc) is 2.32. The number of anilines is 1. The second kappa shape index (κ2) is 6.30. The summed E-state index contributed by atoms with van der Waals surface area (Å²) < 4.78 is 32.4. The first-order valence-corrected chi connectivity index (χ1v) is 5.47. The molecule has 0 aromatic heterocycles. The van der Waals surface area contributed by atoms with Crippen molar-refractivity contribution in [1.82, 2.24) is 0 Å². The standard InChI is InChI=1S/C12H15F2NO3/c1-3-15(4-5-18-2)11-9(13)6-8(12(16)17)7-10(11)14/h6-7H,3-5H2,1-2H3,(H,16,17). The molecule has 1 N–H and O–H groups in total. The van der Waals surface area contributed by atoms with E-state index < -0.39 is 23.2 Å². The summed E-state index contributed by atoms with van der Waals surface area (Å²) in [6.45, 7) is 2.80. The third-order valence-corrected chi connectivity index (χ3v) is 2.53. The van der Waals surface area contributed by atoms with Crippen molar-refractivity contribution in [2.24, 2.45) is 0 Å². The summed E-state index contributed by atoms with van der Waals surface area (Å²) in [6.07, 6.45) is 0. The van der Waals surface area contributed by atoms with Gasteiger partial charge >= 0.3 is 5.97 Å². The van der Waals surface area contributed by atoms with Crippen LogP contribution in [0.15, 0.2) is 12.1 Å². The average molecular weight is 259 g/mol. The molecule has 0 aliphatic heterocycles. The van der Waals surface area contributed by atoms with Gasteiger partial charge in [0.15, 0.2) is 0 Å². The number of hydrogen-bond donors (Lipinski definition) is 1. The maximum absolute atomic E-state index is 13.7. The number of carbonyl (C=O) groups is 1. The second-order valence-electron chi connectivity index (χ2n) is 3.67. The number of carboxylic acid groups (broad SMARTS) is 1. The van der Waals surface area contributed by atoms with Crippen molar-refractivity contribution < 1.29 is 23.4 Å². The molecule has 0 aliphatic rings. The first-order valence-electron chi connectivity index (χ1n) is 5.47. The van der Waals surface area contributed by atoms with E-state index >= 15 is 0 Å². The Bertz CT molecular complexity index is 414. The number of rotatable bonds is 6. The van der Waals surface area contributed by atoms with Gasteiger partial charge in [-0.15, -0.1) is 0 Å². The largest absolute Gasteiger partial charge is 0.478 e. The highest BCUT2D eigenvalue weighted by Gasteiger charge is 2.18. The van der Waals surface area contributed by atoms with Gasteiger partial charge in [0, 0.05) is 20.2 Å². The lowest BCUT2D eigenvalue weighted by molar-refractivity contribution is 0.0695. The minimum atomic E-state index is -1.36. The Morgan fingerprint density at radius 2 is 1.94 bits per heavy atom. The first kappa shape index (κ1) is 14.4. The number of ether oxygens (including phenoxy) is 1. The fraction of sp³-hybridized carbons (Fsp3) is 0.417. The minimum Gasteiger partial charge on any atom is -0.478 e. The van der Waals surface area contributed by atoms with Crippen molar-refractivity contribution in [3.63, 3.8) is 0 Å². The molecule has 0 bridgehead atoms. The molecule has 0 unspecified atom stereocenters. The highest BCUT2D eigenvalue weighted by Crippen LogP contribution is 2.24. The molecular formula is C12H15F2NO3. The minimum absolute atomic E-state index is 0.223. The summed E-state index contributed by atoms with van der Waals surface area (Å²) in [4.78, 5) is 12.1. The predicted molar refractivity (Wildman–Crippen MR) is 63.1 cm³/mol. The maximum Gasteiger partial charge on any atom is 0.335 e. The normalized spacial score (nSPS) is 10.4. The fourth-order valence-electron chi connectivity index (χ4n) is 1.62. The number of hydrogen-bond acceptors (Lipinski definition) is 3. The Balaban J connectivity index is 3.11. The fourth-order valence-corrected chi connectivity index (χ4v) is 1.62. The van der Waals surface area contributed by atoms with Gasteiger partial charge in [0.1, 0.15) is 17.3 Å². The molecule has 1 rings (SSSR count). The number of methoxy groups -OCH3 is 1. The summed E-state index contributed by atoms with van der Waals surface area (Å²) in [6, 6.07) is 1.63. The van der Waals surface area contributed by atoms with Crippen molar-refractivity contribution in [1.29, 1.82) is 0 Å². The summed E-state index contributed by atoms with van der Waals surface area (Å²) in [5.74, 6) is -3.13. The van der Waals surface area contributed by atoms with Crippen molar-refractivity contribution >= 4 is 11.7 Å². The molecule has 0 spiro atoms. The van der Waals surface area contributed by atoms with E-state index in [1.54, 1.807) is 6.92 Å². The zero-order valence-corrected chi connectivity index (χ0v) is 10.2. The highest BCUT2D eigenvalue weighted by atomic mass is 19.1. The van der Waals surface area contributed by atoms with Crippen LogP contribution in [0.5, 0.6) is 0 Å². The molecule has 0 fully saturated rings. The molecule has 1 aromatic carbocycles. The third-order valence-electron chi connectivity index (χ3n) is 2.53. The molecule has 0 aliphatic carbocycles. The van der Waals surface area contributed by atoms with Crippen LogP contribution in [0.2, 0.25) is 0 Å². The molecular weight excluding hydrogens is 244 g/mol. The molecule has 0 heterocycles. The summed E-state index contributed by atoms with van der Waals surface area (Å²) in [5, 5.41) is 8.69. The van der Waals surface area contributed by atoms with Crippen LogP contribution >= 0.6 is 0 Å². The number of nitrogens with zero attached hydrogens (tertiary/aromatic N) is 1. The van der Waals surface area contributed by atoms with Crippen LogP contribution in [-0.2, 0) is 4.74 Å². The number of halogens is 2.